The van der Waals surface area contributed by atoms with Crippen molar-refractivity contribution in [3.8, 4) is 0 Å². The number of carbonyl (C=O) groups excluding carboxylic acids is 4. The minimum Gasteiger partial charge on any atom is -0.443 e. The van der Waals surface area contributed by atoms with Crippen molar-refractivity contribution in [2.75, 3.05) is 33.4 Å². The predicted octanol–water partition coefficient (Wildman–Crippen LogP) is 4.14. The van der Waals surface area contributed by atoms with Crippen molar-refractivity contribution < 1.29 is 28.3 Å². The quantitative estimate of drug-likeness (QED) is 0.355. The zero-order valence-corrected chi connectivity index (χ0v) is 28.3. The molecule has 1 fully saturated rings. The van der Waals surface area contributed by atoms with Crippen LogP contribution in [0.5, 0.6) is 0 Å². The molecule has 0 unspecified atom stereocenters. The molecule has 1 aliphatic heterocycles. The van der Waals surface area contributed by atoms with Crippen molar-refractivity contribution in [3.63, 3.8) is 0 Å². The van der Waals surface area contributed by atoms with Gasteiger partial charge in [0.15, 0.2) is 5.69 Å². The fourth-order valence-corrected chi connectivity index (χ4v) is 7.15. The Hall–Kier alpha value is -4.10. The molecule has 3 aromatic rings. The molecule has 0 radical (unpaired) electrons. The summed E-state index contributed by atoms with van der Waals surface area (Å²) in [6, 6.07) is 8.58. The topological polar surface area (TPSA) is 156 Å². The van der Waals surface area contributed by atoms with Gasteiger partial charge < -0.3 is 30.0 Å². The van der Waals surface area contributed by atoms with Gasteiger partial charge in [0.25, 0.3) is 11.8 Å². The molecule has 12 nitrogen and oxygen atoms in total. The maximum absolute atomic E-state index is 13.8. The van der Waals surface area contributed by atoms with E-state index in [1.807, 2.05) is 44.2 Å². The van der Waals surface area contributed by atoms with Crippen LogP contribution in [0.25, 0.3) is 0 Å². The lowest BCUT2D eigenvalue weighted by Gasteiger charge is -2.43. The fraction of sp³-hybridized carbons (Fsp3) is 0.529. The van der Waals surface area contributed by atoms with E-state index in [-0.39, 0.29) is 60.4 Å². The molecule has 47 heavy (non-hydrogen) atoms. The molecule has 13 heteroatoms. The van der Waals surface area contributed by atoms with E-state index in [1.54, 1.807) is 24.3 Å². The van der Waals surface area contributed by atoms with Gasteiger partial charge in [-0.1, -0.05) is 50.6 Å². The number of hydrogen-bond donors (Lipinski definition) is 3. The van der Waals surface area contributed by atoms with Crippen molar-refractivity contribution >= 4 is 35.0 Å². The number of fused-ring (bicyclic) bond motifs is 4. The molecule has 4 bridgehead atoms. The van der Waals surface area contributed by atoms with E-state index in [4.69, 9.17) is 9.15 Å². The molecule has 2 aromatic heterocycles. The first-order valence-corrected chi connectivity index (χ1v) is 17.1. The third-order valence-corrected chi connectivity index (χ3v) is 9.82. The van der Waals surface area contributed by atoms with Crippen LogP contribution in [-0.2, 0) is 20.7 Å². The number of ether oxygens (including phenoxy) is 1. The molecule has 0 spiro atoms. The van der Waals surface area contributed by atoms with E-state index in [0.29, 0.717) is 36.8 Å². The number of nitrogens with zero attached hydrogens (tertiary/aromatic N) is 3. The summed E-state index contributed by atoms with van der Waals surface area (Å²) in [7, 11) is 1.60. The van der Waals surface area contributed by atoms with Crippen LogP contribution in [0, 0.1) is 18.3 Å². The number of carbonyl (C=O) groups is 4. The largest absolute Gasteiger partial charge is 0.443 e. The van der Waals surface area contributed by atoms with Gasteiger partial charge in [0.2, 0.25) is 17.7 Å². The summed E-state index contributed by atoms with van der Waals surface area (Å²) < 4.78 is 11.4. The number of thiazole rings is 1. The summed E-state index contributed by atoms with van der Waals surface area (Å²) >= 11 is 1.29. The fourth-order valence-electron chi connectivity index (χ4n) is 6.13. The highest BCUT2D eigenvalue weighted by Gasteiger charge is 2.46. The second-order valence-corrected chi connectivity index (χ2v) is 13.6. The molecule has 252 valence electrons. The summed E-state index contributed by atoms with van der Waals surface area (Å²) in [6.07, 6.45) is 3.43. The number of methoxy groups -OCH3 is 1. The molecular formula is C34H44N6O6S. The molecular weight excluding hydrogens is 620 g/mol. The van der Waals surface area contributed by atoms with Crippen molar-refractivity contribution in [1.82, 2.24) is 30.8 Å². The van der Waals surface area contributed by atoms with E-state index in [9.17, 15) is 19.2 Å². The van der Waals surface area contributed by atoms with Crippen molar-refractivity contribution in [3.05, 3.63) is 69.3 Å². The van der Waals surface area contributed by atoms with E-state index >= 15 is 0 Å². The van der Waals surface area contributed by atoms with Gasteiger partial charge in [0.05, 0.1) is 18.1 Å². The average Bonchev–Trinajstić information content (AvgIpc) is 3.67. The summed E-state index contributed by atoms with van der Waals surface area (Å²) in [5, 5.41) is 11.2. The zero-order chi connectivity index (χ0) is 33.6. The van der Waals surface area contributed by atoms with Gasteiger partial charge in [-0.2, -0.15) is 0 Å². The lowest BCUT2D eigenvalue weighted by atomic mass is 9.68. The van der Waals surface area contributed by atoms with E-state index in [1.165, 1.54) is 11.3 Å². The third kappa shape index (κ3) is 8.07. The molecule has 3 heterocycles. The van der Waals surface area contributed by atoms with E-state index in [2.05, 4.69) is 25.9 Å². The minimum absolute atomic E-state index is 0.0152. The number of nitrogens with one attached hydrogen (secondary N) is 3. The van der Waals surface area contributed by atoms with Gasteiger partial charge >= 0.3 is 0 Å². The van der Waals surface area contributed by atoms with Crippen LogP contribution in [0.1, 0.15) is 101 Å². The molecule has 3 N–H and O–H groups in total. The van der Waals surface area contributed by atoms with Gasteiger partial charge in [-0.3, -0.25) is 19.2 Å². The van der Waals surface area contributed by atoms with Crippen LogP contribution in [0.2, 0.25) is 0 Å². The van der Waals surface area contributed by atoms with Crippen LogP contribution in [-0.4, -0.2) is 71.8 Å². The lowest BCUT2D eigenvalue weighted by Crippen LogP contribution is -2.52. The monoisotopic (exact) mass is 664 g/mol. The van der Waals surface area contributed by atoms with Gasteiger partial charge in [0.1, 0.15) is 22.5 Å². The lowest BCUT2D eigenvalue weighted by molar-refractivity contribution is -0.152. The molecule has 4 amide bonds. The van der Waals surface area contributed by atoms with Crippen LogP contribution >= 0.6 is 11.3 Å². The molecule has 0 saturated heterocycles. The predicted molar refractivity (Wildman–Crippen MR) is 176 cm³/mol. The highest BCUT2D eigenvalue weighted by molar-refractivity contribution is 7.09. The first kappa shape index (κ1) is 34.2. The number of oxazole rings is 1. The third-order valence-electron chi connectivity index (χ3n) is 8.89. The number of aromatic nitrogens is 2. The second kappa shape index (κ2) is 15.2. The minimum atomic E-state index is -0.619. The number of aryl methyl sites for hydroxylation is 1. The summed E-state index contributed by atoms with van der Waals surface area (Å²) in [5.41, 5.74) is 0.761. The van der Waals surface area contributed by atoms with E-state index < -0.39 is 23.4 Å². The normalized spacial score (nSPS) is 21.0. The van der Waals surface area contributed by atoms with E-state index in [0.717, 1.165) is 24.8 Å². The Morgan fingerprint density at radius 1 is 1.09 bits per heavy atom. The Kier molecular flexibility index (Phi) is 11.1. The maximum atomic E-state index is 13.8. The number of benzene rings is 1. The van der Waals surface area contributed by atoms with Gasteiger partial charge in [0, 0.05) is 45.0 Å². The average molecular weight is 665 g/mol. The van der Waals surface area contributed by atoms with Crippen LogP contribution in [0.4, 0.5) is 0 Å². The highest BCUT2D eigenvalue weighted by atomic mass is 32.1. The zero-order valence-electron chi connectivity index (χ0n) is 27.5. The Morgan fingerprint density at radius 3 is 2.53 bits per heavy atom. The number of rotatable bonds is 6. The Morgan fingerprint density at radius 2 is 1.85 bits per heavy atom. The van der Waals surface area contributed by atoms with Crippen LogP contribution in [0.15, 0.2) is 40.1 Å². The van der Waals surface area contributed by atoms with Crippen LogP contribution in [0.3, 0.4) is 0 Å². The molecule has 2 atom stereocenters. The summed E-state index contributed by atoms with van der Waals surface area (Å²) in [6.45, 7) is 6.78. The van der Waals surface area contributed by atoms with Crippen LogP contribution < -0.4 is 16.0 Å². The maximum Gasteiger partial charge on any atom is 0.274 e. The van der Waals surface area contributed by atoms with Gasteiger partial charge in [-0.25, -0.2) is 9.97 Å². The molecule has 1 aliphatic carbocycles. The van der Waals surface area contributed by atoms with Crippen molar-refractivity contribution in [2.24, 2.45) is 11.3 Å². The number of amides is 4. The first-order valence-electron chi connectivity index (χ1n) is 16.2. The Bertz CT molecular complexity index is 1570. The molecule has 2 aliphatic rings. The van der Waals surface area contributed by atoms with Crippen molar-refractivity contribution in [2.45, 2.75) is 71.4 Å². The first-order chi connectivity index (χ1) is 22.6. The standard InChI is InChI=1S/C34H44N6O6S/c1-21(2)27-32-37-25(19-47-32)29(42)35-15-17-40(33(44)34(20-45-4)13-9-14-34)16-8-12-26(41)36-24(18-23-10-6-5-7-11-23)31-39-28(22(3)46-31)30(43)38-27/h5-7,10-11,19,21,24,27H,8-9,12-18,20H2,1-4H3,(H,35,42)(H,36,41)(H,38,43)/t24-,27-/m0/s1. The number of hydrogen-bond acceptors (Lipinski definition) is 9. The molecule has 5 rings (SSSR count). The second-order valence-electron chi connectivity index (χ2n) is 12.8. The van der Waals surface area contributed by atoms with Gasteiger partial charge in [-0.05, 0) is 37.7 Å². The summed E-state index contributed by atoms with van der Waals surface area (Å²) in [5.74, 6) is -0.515. The van der Waals surface area contributed by atoms with Gasteiger partial charge in [-0.15, -0.1) is 11.3 Å². The SMILES string of the molecule is COCC1(C(=O)N2CCCC(=O)N[C@@H](Cc3ccccc3)c3nc(c(C)o3)C(=O)N[C@@H](C(C)C)c3nc(cs3)C(=O)NCC2)CCC1. The highest BCUT2D eigenvalue weighted by Crippen LogP contribution is 2.42. The Labute approximate surface area is 279 Å². The van der Waals surface area contributed by atoms with Crippen molar-refractivity contribution in [1.29, 1.82) is 0 Å². The molecule has 1 saturated carbocycles. The summed E-state index contributed by atoms with van der Waals surface area (Å²) in [4.78, 5) is 64.6. The Balaban J connectivity index is 1.44. The smallest absolute Gasteiger partial charge is 0.274 e. The molecule has 1 aromatic carbocycles.